The van der Waals surface area contributed by atoms with E-state index >= 15 is 0 Å². The van der Waals surface area contributed by atoms with Crippen LogP contribution in [-0.2, 0) is 24.4 Å². The number of aromatic nitrogens is 4. The van der Waals surface area contributed by atoms with E-state index in [0.29, 0.717) is 36.7 Å². The van der Waals surface area contributed by atoms with Gasteiger partial charge in [0.05, 0.1) is 12.9 Å². The van der Waals surface area contributed by atoms with Crippen molar-refractivity contribution in [3.63, 3.8) is 0 Å². The molecular weight excluding hydrogens is 418 g/mol. The molecule has 8 heteroatoms. The summed E-state index contributed by atoms with van der Waals surface area (Å²) in [6.07, 6.45) is 6.65. The molecule has 0 N–H and O–H groups in total. The molecule has 0 bridgehead atoms. The summed E-state index contributed by atoms with van der Waals surface area (Å²) in [5.41, 5.74) is 0.755. The zero-order valence-electron chi connectivity index (χ0n) is 19.6. The Morgan fingerprint density at radius 1 is 1.00 bits per heavy atom. The van der Waals surface area contributed by atoms with Crippen molar-refractivity contribution in [1.82, 2.24) is 23.6 Å². The molecule has 1 aliphatic rings. The van der Waals surface area contributed by atoms with Crippen LogP contribution in [0.2, 0.25) is 0 Å². The molecule has 3 aromatic rings. The Hall–Kier alpha value is -3.16. The maximum Gasteiger partial charge on any atom is 0.333 e. The standard InChI is InChI=1S/C25H33N5O3/c1-19(2)12-15-28-18-26-23-22(28)24(32)30(17-21(31)27-13-8-3-4-9-14-27)25(33)29(23)16-20-10-6-5-7-11-20/h5-7,10-11,18-19H,3-4,8-9,12-17H2,1-2H3. The number of amides is 1. The van der Waals surface area contributed by atoms with Crippen LogP contribution in [0.4, 0.5) is 0 Å². The number of nitrogens with zero attached hydrogens (tertiary/aromatic N) is 5. The molecule has 2 aromatic heterocycles. The van der Waals surface area contributed by atoms with E-state index in [9.17, 15) is 14.4 Å². The molecule has 0 unspecified atom stereocenters. The lowest BCUT2D eigenvalue weighted by Crippen LogP contribution is -2.45. The minimum Gasteiger partial charge on any atom is -0.341 e. The minimum absolute atomic E-state index is 0.171. The molecular formula is C25H33N5O3. The highest BCUT2D eigenvalue weighted by Gasteiger charge is 2.22. The molecule has 8 nitrogen and oxygen atoms in total. The van der Waals surface area contributed by atoms with Gasteiger partial charge in [-0.3, -0.25) is 14.2 Å². The largest absolute Gasteiger partial charge is 0.341 e. The first-order valence-corrected chi connectivity index (χ1v) is 12.0. The fourth-order valence-corrected chi connectivity index (χ4v) is 4.41. The maximum atomic E-state index is 13.5. The molecule has 1 fully saturated rings. The number of hydrogen-bond acceptors (Lipinski definition) is 4. The fourth-order valence-electron chi connectivity index (χ4n) is 4.41. The number of aryl methyl sites for hydroxylation is 1. The van der Waals surface area contributed by atoms with Gasteiger partial charge in [0.1, 0.15) is 6.54 Å². The number of benzene rings is 1. The summed E-state index contributed by atoms with van der Waals surface area (Å²) >= 11 is 0. The number of carbonyl (C=O) groups excluding carboxylic acids is 1. The van der Waals surface area contributed by atoms with E-state index in [0.717, 1.165) is 42.2 Å². The molecule has 0 spiro atoms. The Balaban J connectivity index is 1.79. The first-order chi connectivity index (χ1) is 16.0. The van der Waals surface area contributed by atoms with Crippen LogP contribution in [0.1, 0.15) is 51.5 Å². The lowest BCUT2D eigenvalue weighted by molar-refractivity contribution is -0.131. The second-order valence-electron chi connectivity index (χ2n) is 9.33. The summed E-state index contributed by atoms with van der Waals surface area (Å²) in [6, 6.07) is 9.62. The van der Waals surface area contributed by atoms with Gasteiger partial charge in [-0.1, -0.05) is 57.0 Å². The van der Waals surface area contributed by atoms with Crippen LogP contribution in [0, 0.1) is 5.92 Å². The number of fused-ring (bicyclic) bond motifs is 1. The topological polar surface area (TPSA) is 82.1 Å². The summed E-state index contributed by atoms with van der Waals surface area (Å²) in [6.45, 7) is 6.30. The molecule has 0 saturated carbocycles. The van der Waals surface area contributed by atoms with Crippen molar-refractivity contribution in [2.24, 2.45) is 5.92 Å². The summed E-state index contributed by atoms with van der Waals surface area (Å²) in [5.74, 6) is 0.291. The van der Waals surface area contributed by atoms with Gasteiger partial charge in [-0.15, -0.1) is 0 Å². The van der Waals surface area contributed by atoms with Crippen molar-refractivity contribution in [2.75, 3.05) is 13.1 Å². The van der Waals surface area contributed by atoms with Crippen molar-refractivity contribution in [1.29, 1.82) is 0 Å². The highest BCUT2D eigenvalue weighted by molar-refractivity contribution is 5.77. The molecule has 1 amide bonds. The summed E-state index contributed by atoms with van der Waals surface area (Å²) in [7, 11) is 0. The molecule has 0 radical (unpaired) electrons. The Bertz CT molecular complexity index is 1210. The first kappa shape index (κ1) is 23.0. The lowest BCUT2D eigenvalue weighted by atomic mass is 10.1. The summed E-state index contributed by atoms with van der Waals surface area (Å²) in [4.78, 5) is 46.3. The molecule has 1 saturated heterocycles. The molecule has 176 valence electrons. The van der Waals surface area contributed by atoms with Crippen LogP contribution in [-0.4, -0.2) is 42.6 Å². The molecule has 33 heavy (non-hydrogen) atoms. The third-order valence-corrected chi connectivity index (χ3v) is 6.37. The van der Waals surface area contributed by atoms with Crippen LogP contribution in [0.25, 0.3) is 11.2 Å². The highest BCUT2D eigenvalue weighted by Crippen LogP contribution is 2.13. The van der Waals surface area contributed by atoms with E-state index in [1.807, 2.05) is 34.9 Å². The highest BCUT2D eigenvalue weighted by atomic mass is 16.2. The van der Waals surface area contributed by atoms with Crippen LogP contribution >= 0.6 is 0 Å². The number of imidazole rings is 1. The van der Waals surface area contributed by atoms with Gasteiger partial charge in [-0.25, -0.2) is 14.3 Å². The molecule has 1 aromatic carbocycles. The second-order valence-corrected chi connectivity index (χ2v) is 9.33. The molecule has 3 heterocycles. The van der Waals surface area contributed by atoms with Gasteiger partial charge in [0.25, 0.3) is 5.56 Å². The molecule has 0 aliphatic carbocycles. The summed E-state index contributed by atoms with van der Waals surface area (Å²) < 4.78 is 4.45. The average Bonchev–Trinajstić information content (AvgIpc) is 3.03. The van der Waals surface area contributed by atoms with Crippen molar-refractivity contribution in [3.05, 3.63) is 63.1 Å². The molecule has 1 aliphatic heterocycles. The molecule has 0 atom stereocenters. The van der Waals surface area contributed by atoms with Gasteiger partial charge in [-0.2, -0.15) is 0 Å². The lowest BCUT2D eigenvalue weighted by Gasteiger charge is -2.21. The van der Waals surface area contributed by atoms with Gasteiger partial charge in [0, 0.05) is 19.6 Å². The quantitative estimate of drug-likeness (QED) is 0.553. The Labute approximate surface area is 193 Å². The van der Waals surface area contributed by atoms with Gasteiger partial charge in [0.15, 0.2) is 11.2 Å². The van der Waals surface area contributed by atoms with Crippen LogP contribution < -0.4 is 11.2 Å². The Morgan fingerprint density at radius 2 is 1.70 bits per heavy atom. The SMILES string of the molecule is CC(C)CCn1cnc2c1c(=O)n(CC(=O)N1CCCCCC1)c(=O)n2Cc1ccccc1. The van der Waals surface area contributed by atoms with Crippen molar-refractivity contribution in [3.8, 4) is 0 Å². The van der Waals surface area contributed by atoms with Crippen LogP contribution in [0.3, 0.4) is 0 Å². The predicted molar refractivity (Wildman–Crippen MR) is 128 cm³/mol. The second kappa shape index (κ2) is 10.2. The average molecular weight is 452 g/mol. The van der Waals surface area contributed by atoms with Gasteiger partial charge in [-0.05, 0) is 30.7 Å². The van der Waals surface area contributed by atoms with Crippen LogP contribution in [0.15, 0.2) is 46.2 Å². The zero-order chi connectivity index (χ0) is 23.4. The maximum absolute atomic E-state index is 13.5. The van der Waals surface area contributed by atoms with Crippen molar-refractivity contribution >= 4 is 17.1 Å². The van der Waals surface area contributed by atoms with Gasteiger partial charge in [0.2, 0.25) is 5.91 Å². The summed E-state index contributed by atoms with van der Waals surface area (Å²) in [5, 5.41) is 0. The number of carbonyl (C=O) groups is 1. The van der Waals surface area contributed by atoms with Crippen molar-refractivity contribution in [2.45, 2.75) is 65.6 Å². The third kappa shape index (κ3) is 5.10. The Kier molecular flexibility index (Phi) is 7.11. The van der Waals surface area contributed by atoms with Gasteiger partial charge >= 0.3 is 5.69 Å². The monoisotopic (exact) mass is 451 g/mol. The van der Waals surface area contributed by atoms with Crippen molar-refractivity contribution < 1.29 is 4.79 Å². The van der Waals surface area contributed by atoms with E-state index in [1.54, 1.807) is 11.2 Å². The first-order valence-electron chi connectivity index (χ1n) is 12.0. The zero-order valence-corrected chi connectivity index (χ0v) is 19.6. The Morgan fingerprint density at radius 3 is 2.36 bits per heavy atom. The number of hydrogen-bond donors (Lipinski definition) is 0. The predicted octanol–water partition coefficient (Wildman–Crippen LogP) is 2.86. The van der Waals surface area contributed by atoms with E-state index in [1.165, 1.54) is 4.57 Å². The van der Waals surface area contributed by atoms with E-state index in [4.69, 9.17) is 0 Å². The van der Waals surface area contributed by atoms with E-state index in [-0.39, 0.29) is 19.0 Å². The fraction of sp³-hybridized carbons (Fsp3) is 0.520. The third-order valence-electron chi connectivity index (χ3n) is 6.37. The number of rotatable bonds is 7. The molecule has 4 rings (SSSR count). The number of likely N-dealkylation sites (tertiary alicyclic amines) is 1. The van der Waals surface area contributed by atoms with E-state index in [2.05, 4.69) is 18.8 Å². The van der Waals surface area contributed by atoms with Gasteiger partial charge < -0.3 is 9.47 Å². The smallest absolute Gasteiger partial charge is 0.333 e. The van der Waals surface area contributed by atoms with E-state index < -0.39 is 11.2 Å². The normalized spacial score (nSPS) is 14.7. The minimum atomic E-state index is -0.492. The van der Waals surface area contributed by atoms with Crippen LogP contribution in [0.5, 0.6) is 0 Å².